The van der Waals surface area contributed by atoms with E-state index in [4.69, 9.17) is 4.74 Å². The van der Waals surface area contributed by atoms with Crippen molar-refractivity contribution >= 4 is 23.1 Å². The molecule has 0 aliphatic carbocycles. The number of carbonyl (C=O) groups excluding carboxylic acids is 1. The van der Waals surface area contributed by atoms with E-state index in [0.29, 0.717) is 40.9 Å². The Kier molecular flexibility index (Phi) is 5.82. The third-order valence-electron chi connectivity index (χ3n) is 3.82. The molecule has 0 saturated heterocycles. The van der Waals surface area contributed by atoms with Crippen LogP contribution < -0.4 is 15.4 Å². The number of carbonyl (C=O) groups is 1. The Hall–Kier alpha value is -3.92. The molecule has 0 aliphatic rings. The number of aryl methyl sites for hydroxylation is 1. The number of nitrogens with zero attached hydrogens (tertiary/aromatic N) is 3. The molecule has 7 nitrogen and oxygen atoms in total. The van der Waals surface area contributed by atoms with Gasteiger partial charge in [0, 0.05) is 6.07 Å². The lowest BCUT2D eigenvalue weighted by Crippen LogP contribution is -2.16. The van der Waals surface area contributed by atoms with Crippen molar-refractivity contribution in [3.8, 4) is 11.8 Å². The van der Waals surface area contributed by atoms with Gasteiger partial charge in [-0.3, -0.25) is 4.79 Å². The molecule has 2 N–H and O–H groups in total. The summed E-state index contributed by atoms with van der Waals surface area (Å²) in [5.41, 5.74) is 1.86. The van der Waals surface area contributed by atoms with Gasteiger partial charge >= 0.3 is 0 Å². The van der Waals surface area contributed by atoms with Crippen molar-refractivity contribution in [2.24, 2.45) is 0 Å². The van der Waals surface area contributed by atoms with Crippen LogP contribution in [0.1, 0.15) is 28.8 Å². The molecule has 0 unspecified atom stereocenters. The van der Waals surface area contributed by atoms with Gasteiger partial charge in [-0.15, -0.1) is 0 Å². The number of aromatic nitrogens is 2. The Morgan fingerprint density at radius 1 is 1.11 bits per heavy atom. The molecular formula is C21H19N5O2. The van der Waals surface area contributed by atoms with Crippen LogP contribution in [0.25, 0.3) is 0 Å². The van der Waals surface area contributed by atoms with Crippen LogP contribution in [-0.4, -0.2) is 22.5 Å². The normalized spacial score (nSPS) is 10.0. The summed E-state index contributed by atoms with van der Waals surface area (Å²) in [7, 11) is 0. The third-order valence-corrected chi connectivity index (χ3v) is 3.82. The van der Waals surface area contributed by atoms with Crippen LogP contribution in [-0.2, 0) is 0 Å². The summed E-state index contributed by atoms with van der Waals surface area (Å²) in [4.78, 5) is 21.2. The Morgan fingerprint density at radius 3 is 2.57 bits per heavy atom. The molecule has 0 aliphatic heterocycles. The van der Waals surface area contributed by atoms with E-state index in [-0.39, 0.29) is 11.6 Å². The van der Waals surface area contributed by atoms with E-state index in [2.05, 4.69) is 26.7 Å². The number of ether oxygens (including phenoxy) is 1. The summed E-state index contributed by atoms with van der Waals surface area (Å²) in [5, 5.41) is 15.1. The first kappa shape index (κ1) is 18.9. The molecule has 2 aromatic carbocycles. The van der Waals surface area contributed by atoms with Crippen LogP contribution in [0.5, 0.6) is 5.75 Å². The van der Waals surface area contributed by atoms with Gasteiger partial charge in [0.2, 0.25) is 0 Å². The molecule has 0 spiro atoms. The van der Waals surface area contributed by atoms with Gasteiger partial charge in [-0.25, -0.2) is 9.97 Å². The van der Waals surface area contributed by atoms with Gasteiger partial charge in [0.05, 0.1) is 23.5 Å². The van der Waals surface area contributed by atoms with Crippen molar-refractivity contribution < 1.29 is 9.53 Å². The zero-order chi connectivity index (χ0) is 19.9. The van der Waals surface area contributed by atoms with Gasteiger partial charge in [-0.1, -0.05) is 24.3 Å². The second kappa shape index (κ2) is 8.64. The zero-order valence-electron chi connectivity index (χ0n) is 15.6. The SMILES string of the molecule is CCOc1ccccc1NC(=O)c1cc(Nc2ccccc2C#N)nc(C)n1. The Bertz CT molecular complexity index is 1040. The predicted molar refractivity (Wildman–Crippen MR) is 107 cm³/mol. The minimum atomic E-state index is -0.380. The van der Waals surface area contributed by atoms with E-state index >= 15 is 0 Å². The molecule has 0 fully saturated rings. The molecule has 3 aromatic rings. The molecule has 7 heteroatoms. The van der Waals surface area contributed by atoms with Gasteiger partial charge in [-0.05, 0) is 38.1 Å². The maximum Gasteiger partial charge on any atom is 0.274 e. The Morgan fingerprint density at radius 2 is 1.82 bits per heavy atom. The molecule has 1 amide bonds. The van der Waals surface area contributed by atoms with Crippen LogP contribution in [0.2, 0.25) is 0 Å². The summed E-state index contributed by atoms with van der Waals surface area (Å²) in [6.07, 6.45) is 0. The van der Waals surface area contributed by atoms with E-state index in [1.807, 2.05) is 25.1 Å². The highest BCUT2D eigenvalue weighted by Crippen LogP contribution is 2.25. The second-order valence-electron chi connectivity index (χ2n) is 5.85. The molecule has 0 saturated carbocycles. The topological polar surface area (TPSA) is 99.9 Å². The number of para-hydroxylation sites is 3. The number of nitriles is 1. The molecule has 28 heavy (non-hydrogen) atoms. The summed E-state index contributed by atoms with van der Waals surface area (Å²) < 4.78 is 5.54. The quantitative estimate of drug-likeness (QED) is 0.676. The number of rotatable bonds is 6. The fourth-order valence-electron chi connectivity index (χ4n) is 2.61. The van der Waals surface area contributed by atoms with E-state index in [9.17, 15) is 10.1 Å². The minimum Gasteiger partial charge on any atom is -0.492 e. The molecule has 1 heterocycles. The predicted octanol–water partition coefficient (Wildman–Crippen LogP) is 4.05. The van der Waals surface area contributed by atoms with Crippen molar-refractivity contribution in [3.63, 3.8) is 0 Å². The second-order valence-corrected chi connectivity index (χ2v) is 5.85. The number of anilines is 3. The summed E-state index contributed by atoms with van der Waals surface area (Å²) >= 11 is 0. The van der Waals surface area contributed by atoms with Crippen LogP contribution in [0.4, 0.5) is 17.2 Å². The van der Waals surface area contributed by atoms with Gasteiger partial charge in [0.1, 0.15) is 29.2 Å². The molecule has 0 bridgehead atoms. The van der Waals surface area contributed by atoms with E-state index < -0.39 is 0 Å². The van der Waals surface area contributed by atoms with Crippen LogP contribution in [0.15, 0.2) is 54.6 Å². The maximum absolute atomic E-state index is 12.7. The number of nitrogens with one attached hydrogen (secondary N) is 2. The highest BCUT2D eigenvalue weighted by atomic mass is 16.5. The van der Waals surface area contributed by atoms with Crippen molar-refractivity contribution in [1.82, 2.24) is 9.97 Å². The minimum absolute atomic E-state index is 0.204. The standard InChI is InChI=1S/C21H19N5O2/c1-3-28-19-11-7-6-10-17(19)26-21(27)18-12-20(24-14(2)23-18)25-16-9-5-4-8-15(16)13-22/h4-12H,3H2,1-2H3,(H,26,27)(H,23,24,25). The number of hydrogen-bond acceptors (Lipinski definition) is 6. The fraction of sp³-hybridized carbons (Fsp3) is 0.143. The molecule has 140 valence electrons. The van der Waals surface area contributed by atoms with Gasteiger partial charge < -0.3 is 15.4 Å². The van der Waals surface area contributed by atoms with Gasteiger partial charge in [0.25, 0.3) is 5.91 Å². The first-order valence-electron chi connectivity index (χ1n) is 8.75. The molecule has 0 atom stereocenters. The van der Waals surface area contributed by atoms with E-state index in [1.165, 1.54) is 0 Å². The molecule has 3 rings (SSSR count). The number of amides is 1. The lowest BCUT2D eigenvalue weighted by atomic mass is 10.2. The van der Waals surface area contributed by atoms with E-state index in [0.717, 1.165) is 0 Å². The molecule has 1 aromatic heterocycles. The van der Waals surface area contributed by atoms with Crippen LogP contribution >= 0.6 is 0 Å². The van der Waals surface area contributed by atoms with Crippen LogP contribution in [0.3, 0.4) is 0 Å². The first-order chi connectivity index (χ1) is 13.6. The third kappa shape index (κ3) is 4.43. The largest absolute Gasteiger partial charge is 0.492 e. The highest BCUT2D eigenvalue weighted by Gasteiger charge is 2.14. The zero-order valence-corrected chi connectivity index (χ0v) is 15.6. The fourth-order valence-corrected chi connectivity index (χ4v) is 2.61. The lowest BCUT2D eigenvalue weighted by molar-refractivity contribution is 0.102. The van der Waals surface area contributed by atoms with Crippen molar-refractivity contribution in [2.75, 3.05) is 17.2 Å². The highest BCUT2D eigenvalue weighted by molar-refractivity contribution is 6.04. The average molecular weight is 373 g/mol. The monoisotopic (exact) mass is 373 g/mol. The summed E-state index contributed by atoms with van der Waals surface area (Å²) in [6, 6.07) is 17.9. The van der Waals surface area contributed by atoms with E-state index in [1.54, 1.807) is 43.3 Å². The summed E-state index contributed by atoms with van der Waals surface area (Å²) in [6.45, 7) is 4.07. The van der Waals surface area contributed by atoms with Crippen molar-refractivity contribution in [3.05, 3.63) is 71.7 Å². The van der Waals surface area contributed by atoms with Gasteiger partial charge in [0.15, 0.2) is 0 Å². The molecular weight excluding hydrogens is 354 g/mol. The van der Waals surface area contributed by atoms with Crippen molar-refractivity contribution in [2.45, 2.75) is 13.8 Å². The van der Waals surface area contributed by atoms with Gasteiger partial charge in [-0.2, -0.15) is 5.26 Å². The maximum atomic E-state index is 12.7. The lowest BCUT2D eigenvalue weighted by Gasteiger charge is -2.12. The first-order valence-corrected chi connectivity index (χ1v) is 8.75. The summed E-state index contributed by atoms with van der Waals surface area (Å²) in [5.74, 6) is 1.07. The van der Waals surface area contributed by atoms with Crippen LogP contribution in [0, 0.1) is 18.3 Å². The smallest absolute Gasteiger partial charge is 0.274 e. The number of benzene rings is 2. The van der Waals surface area contributed by atoms with Crippen molar-refractivity contribution in [1.29, 1.82) is 5.26 Å². The average Bonchev–Trinajstić information content (AvgIpc) is 2.69. The Balaban J connectivity index is 1.85. The molecule has 0 radical (unpaired) electrons. The Labute approximate surface area is 163 Å². The number of hydrogen-bond donors (Lipinski definition) is 2.